The van der Waals surface area contributed by atoms with Gasteiger partial charge in [0.25, 0.3) is 0 Å². The van der Waals surface area contributed by atoms with E-state index in [-0.39, 0.29) is 17.1 Å². The van der Waals surface area contributed by atoms with Crippen molar-refractivity contribution in [3.8, 4) is 5.75 Å². The van der Waals surface area contributed by atoms with Gasteiger partial charge in [0.05, 0.1) is 6.04 Å². The number of rotatable bonds is 5. The largest absolute Gasteiger partial charge is 0.481 e. The molecule has 24 heavy (non-hydrogen) atoms. The number of ketones is 1. The van der Waals surface area contributed by atoms with Crippen LogP contribution in [0.5, 0.6) is 5.75 Å². The Hall–Kier alpha value is -2.05. The fourth-order valence-electron chi connectivity index (χ4n) is 1.97. The maximum absolute atomic E-state index is 12.5. The summed E-state index contributed by atoms with van der Waals surface area (Å²) in [5.41, 5.74) is 6.80. The average molecular weight is 358 g/mol. The van der Waals surface area contributed by atoms with Crippen molar-refractivity contribution in [2.75, 3.05) is 0 Å². The molecule has 0 bridgehead atoms. The minimum Gasteiger partial charge on any atom is -0.481 e. The van der Waals surface area contributed by atoms with Crippen LogP contribution in [0.4, 0.5) is 13.2 Å². The van der Waals surface area contributed by atoms with Crippen LogP contribution in [-0.2, 0) is 0 Å². The fourth-order valence-corrected chi connectivity index (χ4v) is 2.10. The number of benzene rings is 2. The molecule has 2 atom stereocenters. The lowest BCUT2D eigenvalue weighted by Gasteiger charge is -2.18. The Morgan fingerprint density at radius 3 is 2.12 bits per heavy atom. The number of hydrogen-bond acceptors (Lipinski definition) is 3. The minimum atomic E-state index is -4.45. The molecular formula is C17H15ClF3NO2. The van der Waals surface area contributed by atoms with E-state index >= 15 is 0 Å². The molecule has 2 unspecified atom stereocenters. The van der Waals surface area contributed by atoms with Gasteiger partial charge in [0.15, 0.2) is 11.9 Å². The van der Waals surface area contributed by atoms with Crippen LogP contribution in [0.25, 0.3) is 0 Å². The molecule has 7 heteroatoms. The summed E-state index contributed by atoms with van der Waals surface area (Å²) in [6, 6.07) is 11.0. The van der Waals surface area contributed by atoms with E-state index in [9.17, 15) is 18.0 Å². The molecule has 0 aliphatic heterocycles. The van der Waals surface area contributed by atoms with Gasteiger partial charge in [-0.25, -0.2) is 0 Å². The maximum Gasteiger partial charge on any atom is 0.425 e. The van der Waals surface area contributed by atoms with Gasteiger partial charge in [0, 0.05) is 10.6 Å². The zero-order chi connectivity index (χ0) is 17.9. The van der Waals surface area contributed by atoms with E-state index in [1.54, 1.807) is 24.3 Å². The van der Waals surface area contributed by atoms with Crippen LogP contribution in [0.1, 0.15) is 28.9 Å². The van der Waals surface area contributed by atoms with Crippen LogP contribution in [-0.4, -0.2) is 18.1 Å². The summed E-state index contributed by atoms with van der Waals surface area (Å²) in [5, 5.41) is 0.527. The molecule has 2 aromatic carbocycles. The highest BCUT2D eigenvalue weighted by Gasteiger charge is 2.38. The molecule has 0 saturated heterocycles. The van der Waals surface area contributed by atoms with Crippen LogP contribution in [0.15, 0.2) is 48.5 Å². The second-order valence-corrected chi connectivity index (χ2v) is 5.66. The molecule has 0 aliphatic carbocycles. The van der Waals surface area contributed by atoms with Crippen LogP contribution >= 0.6 is 11.6 Å². The smallest absolute Gasteiger partial charge is 0.425 e. The summed E-state index contributed by atoms with van der Waals surface area (Å²) in [5.74, 6) is -0.329. The van der Waals surface area contributed by atoms with Crippen LogP contribution in [0, 0.1) is 0 Å². The predicted octanol–water partition coefficient (Wildman–Crippen LogP) is 4.55. The van der Waals surface area contributed by atoms with Crippen molar-refractivity contribution in [2.45, 2.75) is 25.2 Å². The molecular weight excluding hydrogens is 343 g/mol. The highest BCUT2D eigenvalue weighted by Crippen LogP contribution is 2.26. The lowest BCUT2D eigenvalue weighted by molar-refractivity contribution is -0.189. The second kappa shape index (κ2) is 7.23. The molecule has 0 saturated carbocycles. The first-order valence-electron chi connectivity index (χ1n) is 7.07. The molecule has 128 valence electrons. The van der Waals surface area contributed by atoms with Gasteiger partial charge in [0.1, 0.15) is 5.75 Å². The fraction of sp³-hybridized carbons (Fsp3) is 0.235. The third kappa shape index (κ3) is 4.49. The Kier molecular flexibility index (Phi) is 5.51. The van der Waals surface area contributed by atoms with Gasteiger partial charge in [-0.15, -0.1) is 0 Å². The lowest BCUT2D eigenvalue weighted by atomic mass is 9.98. The van der Waals surface area contributed by atoms with E-state index in [1.807, 2.05) is 0 Å². The summed E-state index contributed by atoms with van der Waals surface area (Å²) in [6.45, 7) is 0.912. The molecule has 2 aromatic rings. The summed E-state index contributed by atoms with van der Waals surface area (Å²) in [4.78, 5) is 12.3. The van der Waals surface area contributed by atoms with Crippen molar-refractivity contribution in [1.29, 1.82) is 0 Å². The second-order valence-electron chi connectivity index (χ2n) is 5.22. The Morgan fingerprint density at radius 2 is 1.62 bits per heavy atom. The van der Waals surface area contributed by atoms with E-state index in [0.717, 1.165) is 6.92 Å². The first kappa shape index (κ1) is 18.3. The van der Waals surface area contributed by atoms with Gasteiger partial charge in [-0.05, 0) is 48.9 Å². The van der Waals surface area contributed by atoms with Crippen molar-refractivity contribution in [3.05, 3.63) is 64.7 Å². The third-order valence-electron chi connectivity index (χ3n) is 3.42. The topological polar surface area (TPSA) is 52.3 Å². The molecule has 2 rings (SSSR count). The average Bonchev–Trinajstić information content (AvgIpc) is 2.54. The highest BCUT2D eigenvalue weighted by atomic mass is 35.5. The molecule has 2 N–H and O–H groups in total. The number of nitrogens with two attached hydrogens (primary N) is 1. The minimum absolute atomic E-state index is 0.0245. The Labute approximate surface area is 142 Å². The van der Waals surface area contributed by atoms with E-state index in [4.69, 9.17) is 22.1 Å². The molecule has 0 spiro atoms. The van der Waals surface area contributed by atoms with Gasteiger partial charge in [-0.3, -0.25) is 4.79 Å². The highest BCUT2D eigenvalue weighted by molar-refractivity contribution is 6.30. The molecule has 3 nitrogen and oxygen atoms in total. The number of ether oxygens (including phenoxy) is 1. The van der Waals surface area contributed by atoms with Crippen molar-refractivity contribution < 1.29 is 22.7 Å². The maximum atomic E-state index is 12.5. The molecule has 0 aromatic heterocycles. The van der Waals surface area contributed by atoms with Gasteiger partial charge < -0.3 is 10.5 Å². The predicted molar refractivity (Wildman–Crippen MR) is 85.3 cm³/mol. The zero-order valence-electron chi connectivity index (χ0n) is 12.7. The summed E-state index contributed by atoms with van der Waals surface area (Å²) in [6.07, 6.45) is -6.39. The summed E-state index contributed by atoms with van der Waals surface area (Å²) >= 11 is 5.78. The normalized spacial score (nSPS) is 14.1. The number of halogens is 4. The quantitative estimate of drug-likeness (QED) is 0.798. The number of alkyl halides is 3. The van der Waals surface area contributed by atoms with Crippen molar-refractivity contribution >= 4 is 17.4 Å². The van der Waals surface area contributed by atoms with Crippen molar-refractivity contribution in [3.63, 3.8) is 0 Å². The summed E-state index contributed by atoms with van der Waals surface area (Å²) < 4.78 is 42.2. The molecule has 0 fully saturated rings. The van der Waals surface area contributed by atoms with Crippen LogP contribution < -0.4 is 10.5 Å². The third-order valence-corrected chi connectivity index (χ3v) is 3.68. The molecule has 0 aliphatic rings. The Morgan fingerprint density at radius 1 is 1.08 bits per heavy atom. The van der Waals surface area contributed by atoms with Gasteiger partial charge in [-0.1, -0.05) is 23.7 Å². The number of Topliss-reactive ketones (excluding diaryl/α,β-unsaturated/α-hetero) is 1. The zero-order valence-corrected chi connectivity index (χ0v) is 13.4. The van der Waals surface area contributed by atoms with Crippen molar-refractivity contribution in [1.82, 2.24) is 0 Å². The molecule has 0 amide bonds. The first-order chi connectivity index (χ1) is 11.2. The monoisotopic (exact) mass is 357 g/mol. The summed E-state index contributed by atoms with van der Waals surface area (Å²) in [7, 11) is 0. The van der Waals surface area contributed by atoms with Crippen LogP contribution in [0.2, 0.25) is 5.02 Å². The van der Waals surface area contributed by atoms with Crippen molar-refractivity contribution in [2.24, 2.45) is 5.73 Å². The number of hydrogen-bond donors (Lipinski definition) is 1. The lowest BCUT2D eigenvalue weighted by Crippen LogP contribution is -2.31. The Balaban J connectivity index is 2.09. The standard InChI is InChI=1S/C17H15ClF3NO2/c1-10(17(19,20)21)24-14-8-4-12(5-9-14)16(23)15(22)11-2-6-13(18)7-3-11/h2-10,15H,22H2,1H3. The molecule has 0 heterocycles. The molecule has 0 radical (unpaired) electrons. The van der Waals surface area contributed by atoms with E-state index in [1.165, 1.54) is 24.3 Å². The first-order valence-corrected chi connectivity index (χ1v) is 7.45. The number of carbonyl (C=O) groups is 1. The van der Waals surface area contributed by atoms with Crippen LogP contribution in [0.3, 0.4) is 0 Å². The van der Waals surface area contributed by atoms with Gasteiger partial charge in [0.2, 0.25) is 0 Å². The number of carbonyl (C=O) groups excluding carboxylic acids is 1. The van der Waals surface area contributed by atoms with E-state index in [0.29, 0.717) is 10.6 Å². The van der Waals surface area contributed by atoms with Gasteiger partial charge in [-0.2, -0.15) is 13.2 Å². The van der Waals surface area contributed by atoms with E-state index in [2.05, 4.69) is 0 Å². The van der Waals surface area contributed by atoms with E-state index < -0.39 is 18.3 Å². The Bertz CT molecular complexity index is 699. The van der Waals surface area contributed by atoms with Gasteiger partial charge >= 0.3 is 6.18 Å². The SMILES string of the molecule is CC(Oc1ccc(C(=O)C(N)c2ccc(Cl)cc2)cc1)C(F)(F)F.